The fourth-order valence-corrected chi connectivity index (χ4v) is 2.70. The van der Waals surface area contributed by atoms with Crippen LogP contribution in [0.3, 0.4) is 0 Å². The largest absolute Gasteiger partial charge is 0.274 e. The quantitative estimate of drug-likeness (QED) is 0.643. The Balaban J connectivity index is 2.23. The van der Waals surface area contributed by atoms with Crippen molar-refractivity contribution in [3.8, 4) is 0 Å². The van der Waals surface area contributed by atoms with Gasteiger partial charge in [-0.15, -0.1) is 0 Å². The summed E-state index contributed by atoms with van der Waals surface area (Å²) < 4.78 is 0. The van der Waals surface area contributed by atoms with E-state index in [-0.39, 0.29) is 17.0 Å². The van der Waals surface area contributed by atoms with Crippen molar-refractivity contribution in [2.75, 3.05) is 6.54 Å². The Morgan fingerprint density at radius 1 is 1.20 bits per heavy atom. The van der Waals surface area contributed by atoms with Gasteiger partial charge in [0.05, 0.1) is 16.6 Å². The molecule has 0 saturated heterocycles. The molecule has 1 aliphatic heterocycles. The van der Waals surface area contributed by atoms with Crippen LogP contribution in [0.15, 0.2) is 24.3 Å². The molecule has 0 N–H and O–H groups in total. The van der Waals surface area contributed by atoms with Gasteiger partial charge in [0.1, 0.15) is 5.15 Å². The minimum Gasteiger partial charge on any atom is -0.274 e. The summed E-state index contributed by atoms with van der Waals surface area (Å²) in [7, 11) is 0. The number of hydrogen-bond donors (Lipinski definition) is 0. The second kappa shape index (κ2) is 4.87. The number of unbranched alkanes of at least 4 members (excludes halogenated alkanes) is 1. The predicted octanol–water partition coefficient (Wildman–Crippen LogP) is 3.28. The van der Waals surface area contributed by atoms with Gasteiger partial charge in [-0.25, -0.2) is 4.98 Å². The minimum atomic E-state index is -0.281. The van der Waals surface area contributed by atoms with Crippen molar-refractivity contribution in [2.24, 2.45) is 0 Å². The van der Waals surface area contributed by atoms with E-state index in [4.69, 9.17) is 11.6 Å². The third-order valence-electron chi connectivity index (χ3n) is 3.49. The fourth-order valence-electron chi connectivity index (χ4n) is 2.50. The molecule has 0 fully saturated rings. The highest BCUT2D eigenvalue weighted by molar-refractivity contribution is 6.32. The van der Waals surface area contributed by atoms with Crippen molar-refractivity contribution in [3.63, 3.8) is 0 Å². The molecule has 1 aromatic carbocycles. The van der Waals surface area contributed by atoms with E-state index in [0.717, 1.165) is 12.8 Å². The van der Waals surface area contributed by atoms with E-state index in [1.807, 2.05) is 6.92 Å². The Morgan fingerprint density at radius 3 is 2.70 bits per heavy atom. The molecule has 0 aliphatic carbocycles. The molecule has 0 radical (unpaired) electrons. The summed E-state index contributed by atoms with van der Waals surface area (Å²) in [6.45, 7) is 2.46. The summed E-state index contributed by atoms with van der Waals surface area (Å²) >= 11 is 5.97. The first-order valence-corrected chi connectivity index (χ1v) is 6.96. The van der Waals surface area contributed by atoms with Crippen molar-refractivity contribution < 1.29 is 9.59 Å². The van der Waals surface area contributed by atoms with E-state index in [0.29, 0.717) is 28.6 Å². The molecule has 20 heavy (non-hydrogen) atoms. The van der Waals surface area contributed by atoms with E-state index < -0.39 is 0 Å². The van der Waals surface area contributed by atoms with Gasteiger partial charge in [-0.2, -0.15) is 0 Å². The van der Waals surface area contributed by atoms with Gasteiger partial charge in [0, 0.05) is 11.9 Å². The lowest BCUT2D eigenvalue weighted by Gasteiger charge is -2.26. The maximum absolute atomic E-state index is 12.5. The SMILES string of the molecule is CCCCN1C(=O)c2cccc3nc(Cl)cc(c23)C1=O. The van der Waals surface area contributed by atoms with Crippen LogP contribution in [0.2, 0.25) is 5.15 Å². The fraction of sp³-hybridized carbons (Fsp3) is 0.267. The van der Waals surface area contributed by atoms with Crippen molar-refractivity contribution in [2.45, 2.75) is 19.8 Å². The number of imide groups is 1. The van der Waals surface area contributed by atoms with Crippen molar-refractivity contribution in [1.82, 2.24) is 9.88 Å². The molecule has 2 heterocycles. The lowest BCUT2D eigenvalue weighted by atomic mass is 9.97. The number of rotatable bonds is 3. The van der Waals surface area contributed by atoms with Crippen molar-refractivity contribution in [1.29, 1.82) is 0 Å². The summed E-state index contributed by atoms with van der Waals surface area (Å²) in [6, 6.07) is 6.79. The maximum Gasteiger partial charge on any atom is 0.261 e. The third kappa shape index (κ3) is 1.88. The number of carbonyl (C=O) groups is 2. The van der Waals surface area contributed by atoms with Crippen LogP contribution in [-0.2, 0) is 0 Å². The molecule has 0 unspecified atom stereocenters. The van der Waals surface area contributed by atoms with E-state index in [2.05, 4.69) is 4.98 Å². The summed E-state index contributed by atoms with van der Waals surface area (Å²) in [5, 5.41) is 0.877. The molecule has 5 heteroatoms. The average molecular weight is 289 g/mol. The Hall–Kier alpha value is -1.94. The van der Waals surface area contributed by atoms with E-state index in [1.165, 1.54) is 4.90 Å². The molecule has 0 saturated carbocycles. The molecule has 2 amide bonds. The van der Waals surface area contributed by atoms with Crippen LogP contribution in [0, 0.1) is 0 Å². The first-order valence-electron chi connectivity index (χ1n) is 6.59. The highest BCUT2D eigenvalue weighted by Gasteiger charge is 2.32. The zero-order valence-electron chi connectivity index (χ0n) is 11.0. The number of hydrogen-bond acceptors (Lipinski definition) is 3. The van der Waals surface area contributed by atoms with E-state index >= 15 is 0 Å². The number of amides is 2. The topological polar surface area (TPSA) is 50.3 Å². The van der Waals surface area contributed by atoms with Crippen LogP contribution in [0.4, 0.5) is 0 Å². The van der Waals surface area contributed by atoms with E-state index in [1.54, 1.807) is 24.3 Å². The lowest BCUT2D eigenvalue weighted by Crippen LogP contribution is -2.40. The lowest BCUT2D eigenvalue weighted by molar-refractivity contribution is 0.0608. The standard InChI is InChI=1S/C15H13ClN2O2/c1-2-3-7-18-14(19)9-5-4-6-11-13(9)10(15(18)20)8-12(16)17-11/h4-6,8H,2-3,7H2,1H3. The molecule has 0 bridgehead atoms. The van der Waals surface area contributed by atoms with Gasteiger partial charge < -0.3 is 0 Å². The second-order valence-electron chi connectivity index (χ2n) is 4.81. The molecular formula is C15H13ClN2O2. The number of halogens is 1. The van der Waals surface area contributed by atoms with Crippen molar-refractivity contribution >= 4 is 34.3 Å². The molecule has 1 aliphatic rings. The monoisotopic (exact) mass is 288 g/mol. The summed E-state index contributed by atoms with van der Waals surface area (Å²) in [4.78, 5) is 30.4. The van der Waals surface area contributed by atoms with Crippen LogP contribution in [-0.4, -0.2) is 28.2 Å². The third-order valence-corrected chi connectivity index (χ3v) is 3.68. The highest BCUT2D eigenvalue weighted by Crippen LogP contribution is 2.30. The van der Waals surface area contributed by atoms with Gasteiger partial charge in [-0.1, -0.05) is 31.0 Å². The van der Waals surface area contributed by atoms with Gasteiger partial charge in [-0.3, -0.25) is 14.5 Å². The first kappa shape index (κ1) is 13.1. The van der Waals surface area contributed by atoms with Crippen LogP contribution in [0.25, 0.3) is 10.9 Å². The number of pyridine rings is 1. The summed E-state index contributed by atoms with van der Waals surface area (Å²) in [6.07, 6.45) is 1.72. The Kier molecular flexibility index (Phi) is 3.18. The smallest absolute Gasteiger partial charge is 0.261 e. The van der Waals surface area contributed by atoms with Gasteiger partial charge >= 0.3 is 0 Å². The van der Waals surface area contributed by atoms with E-state index in [9.17, 15) is 9.59 Å². The number of nitrogens with zero attached hydrogens (tertiary/aromatic N) is 2. The summed E-state index contributed by atoms with van der Waals surface area (Å²) in [5.41, 5.74) is 1.57. The molecule has 4 nitrogen and oxygen atoms in total. The maximum atomic E-state index is 12.5. The van der Waals surface area contributed by atoms with Gasteiger partial charge in [0.25, 0.3) is 11.8 Å². The number of carbonyl (C=O) groups excluding carboxylic acids is 2. The normalized spacial score (nSPS) is 14.2. The molecule has 0 spiro atoms. The highest BCUT2D eigenvalue weighted by atomic mass is 35.5. The number of aromatic nitrogens is 1. The van der Waals surface area contributed by atoms with Gasteiger partial charge in [0.2, 0.25) is 0 Å². The molecule has 3 rings (SSSR count). The Bertz CT molecular complexity index is 727. The zero-order chi connectivity index (χ0) is 14.3. The van der Waals surface area contributed by atoms with Crippen LogP contribution >= 0.6 is 11.6 Å². The minimum absolute atomic E-state index is 0.245. The predicted molar refractivity (Wildman–Crippen MR) is 77.0 cm³/mol. The molecule has 102 valence electrons. The van der Waals surface area contributed by atoms with Crippen LogP contribution < -0.4 is 0 Å². The molecule has 2 aromatic rings. The second-order valence-corrected chi connectivity index (χ2v) is 5.19. The van der Waals surface area contributed by atoms with Crippen LogP contribution in [0.1, 0.15) is 40.5 Å². The Labute approximate surface area is 121 Å². The number of benzene rings is 1. The Morgan fingerprint density at radius 2 is 1.95 bits per heavy atom. The van der Waals surface area contributed by atoms with Crippen molar-refractivity contribution in [3.05, 3.63) is 40.5 Å². The zero-order valence-corrected chi connectivity index (χ0v) is 11.8. The molecule has 1 aromatic heterocycles. The van der Waals surface area contributed by atoms with Gasteiger partial charge in [-0.05, 0) is 24.6 Å². The van der Waals surface area contributed by atoms with Gasteiger partial charge in [0.15, 0.2) is 0 Å². The van der Waals surface area contributed by atoms with Crippen LogP contribution in [0.5, 0.6) is 0 Å². The average Bonchev–Trinajstić information content (AvgIpc) is 2.44. The molecule has 0 atom stereocenters. The summed E-state index contributed by atoms with van der Waals surface area (Å²) in [5.74, 6) is -0.526. The first-order chi connectivity index (χ1) is 9.63. The molecular weight excluding hydrogens is 276 g/mol.